The number of halogens is 2. The number of nitrogens with one attached hydrogen (secondary N) is 2. The SMILES string of the molecule is CC(CC(=O)NC1CCN(c2cccc(Cl)c2)C1=O)C1CCNCC1.Cl. The number of nitrogens with zero attached hydrogens (tertiary/aromatic N) is 1. The molecule has 0 saturated carbocycles. The molecule has 2 heterocycles. The maximum Gasteiger partial charge on any atom is 0.249 e. The van der Waals surface area contributed by atoms with Crippen molar-refractivity contribution in [3.8, 4) is 0 Å². The number of anilines is 1. The van der Waals surface area contributed by atoms with Crippen LogP contribution in [0.4, 0.5) is 5.69 Å². The van der Waals surface area contributed by atoms with Crippen LogP contribution in [-0.2, 0) is 9.59 Å². The summed E-state index contributed by atoms with van der Waals surface area (Å²) in [6.45, 7) is 4.82. The third-order valence-electron chi connectivity index (χ3n) is 5.36. The van der Waals surface area contributed by atoms with E-state index in [0.717, 1.165) is 31.6 Å². The molecule has 3 rings (SSSR count). The van der Waals surface area contributed by atoms with Crippen molar-refractivity contribution in [2.45, 2.75) is 38.6 Å². The summed E-state index contributed by atoms with van der Waals surface area (Å²) in [4.78, 5) is 26.7. The highest BCUT2D eigenvalue weighted by Crippen LogP contribution is 2.26. The van der Waals surface area contributed by atoms with E-state index in [-0.39, 0.29) is 24.2 Å². The van der Waals surface area contributed by atoms with Gasteiger partial charge in [-0.1, -0.05) is 24.6 Å². The van der Waals surface area contributed by atoms with Gasteiger partial charge < -0.3 is 15.5 Å². The van der Waals surface area contributed by atoms with Gasteiger partial charge in [0.25, 0.3) is 0 Å². The molecule has 2 unspecified atom stereocenters. The molecule has 2 saturated heterocycles. The number of rotatable bonds is 5. The molecule has 0 bridgehead atoms. The molecule has 2 amide bonds. The van der Waals surface area contributed by atoms with Crippen LogP contribution in [0.3, 0.4) is 0 Å². The molecule has 2 fully saturated rings. The number of hydrogen-bond donors (Lipinski definition) is 2. The van der Waals surface area contributed by atoms with E-state index in [2.05, 4.69) is 17.6 Å². The van der Waals surface area contributed by atoms with Crippen LogP contribution in [0.25, 0.3) is 0 Å². The molecule has 1 aromatic rings. The predicted molar refractivity (Wildman–Crippen MR) is 107 cm³/mol. The lowest BCUT2D eigenvalue weighted by Crippen LogP contribution is -2.42. The Morgan fingerprint density at radius 2 is 2.08 bits per heavy atom. The number of amides is 2. The normalized spacial score (nSPS) is 22.0. The second-order valence-electron chi connectivity index (χ2n) is 7.15. The summed E-state index contributed by atoms with van der Waals surface area (Å²) in [6, 6.07) is 6.84. The van der Waals surface area contributed by atoms with Crippen LogP contribution in [-0.4, -0.2) is 37.5 Å². The zero-order valence-corrected chi connectivity index (χ0v) is 16.6. The summed E-state index contributed by atoms with van der Waals surface area (Å²) < 4.78 is 0. The summed E-state index contributed by atoms with van der Waals surface area (Å²) in [5.41, 5.74) is 0.789. The molecule has 144 valence electrons. The number of piperidine rings is 1. The maximum absolute atomic E-state index is 12.6. The lowest BCUT2D eigenvalue weighted by Gasteiger charge is -2.28. The third kappa shape index (κ3) is 5.12. The Morgan fingerprint density at radius 3 is 2.77 bits per heavy atom. The summed E-state index contributed by atoms with van der Waals surface area (Å²) in [7, 11) is 0. The number of benzene rings is 1. The Balaban J connectivity index is 0.00000243. The van der Waals surface area contributed by atoms with Gasteiger partial charge in [0.15, 0.2) is 0 Å². The first-order chi connectivity index (χ1) is 12.0. The zero-order chi connectivity index (χ0) is 17.8. The van der Waals surface area contributed by atoms with Crippen molar-refractivity contribution < 1.29 is 9.59 Å². The fourth-order valence-corrected chi connectivity index (χ4v) is 4.02. The van der Waals surface area contributed by atoms with Crippen molar-refractivity contribution in [2.24, 2.45) is 11.8 Å². The van der Waals surface area contributed by atoms with Gasteiger partial charge in [-0.25, -0.2) is 0 Å². The fourth-order valence-electron chi connectivity index (χ4n) is 3.84. The van der Waals surface area contributed by atoms with Crippen molar-refractivity contribution in [1.82, 2.24) is 10.6 Å². The topological polar surface area (TPSA) is 61.4 Å². The van der Waals surface area contributed by atoms with Gasteiger partial charge in [0.2, 0.25) is 11.8 Å². The third-order valence-corrected chi connectivity index (χ3v) is 5.59. The van der Waals surface area contributed by atoms with Gasteiger partial charge >= 0.3 is 0 Å². The Morgan fingerprint density at radius 1 is 1.35 bits per heavy atom. The van der Waals surface area contributed by atoms with Gasteiger partial charge in [0.05, 0.1) is 0 Å². The van der Waals surface area contributed by atoms with Gasteiger partial charge in [-0.05, 0) is 62.4 Å². The molecule has 2 atom stereocenters. The van der Waals surface area contributed by atoms with Crippen molar-refractivity contribution in [3.05, 3.63) is 29.3 Å². The smallest absolute Gasteiger partial charge is 0.249 e. The van der Waals surface area contributed by atoms with E-state index in [1.165, 1.54) is 0 Å². The van der Waals surface area contributed by atoms with Crippen molar-refractivity contribution >= 4 is 41.5 Å². The van der Waals surface area contributed by atoms with E-state index in [1.54, 1.807) is 17.0 Å². The van der Waals surface area contributed by atoms with E-state index in [9.17, 15) is 9.59 Å². The molecule has 0 aliphatic carbocycles. The monoisotopic (exact) mass is 399 g/mol. The molecular formula is C19H27Cl2N3O2. The first-order valence-electron chi connectivity index (χ1n) is 9.11. The van der Waals surface area contributed by atoms with E-state index in [4.69, 9.17) is 11.6 Å². The molecular weight excluding hydrogens is 373 g/mol. The highest BCUT2D eigenvalue weighted by molar-refractivity contribution is 6.31. The highest BCUT2D eigenvalue weighted by atomic mass is 35.5. The molecule has 2 N–H and O–H groups in total. The Bertz CT molecular complexity index is 635. The van der Waals surface area contributed by atoms with Crippen LogP contribution in [0.15, 0.2) is 24.3 Å². The van der Waals surface area contributed by atoms with Crippen LogP contribution >= 0.6 is 24.0 Å². The van der Waals surface area contributed by atoms with Crippen LogP contribution in [0.5, 0.6) is 0 Å². The molecule has 5 nitrogen and oxygen atoms in total. The van der Waals surface area contributed by atoms with Crippen molar-refractivity contribution in [2.75, 3.05) is 24.5 Å². The standard InChI is InChI=1S/C19H26ClN3O2.ClH/c1-13(14-5-8-21-9-6-14)11-18(24)22-17-7-10-23(19(17)25)16-4-2-3-15(20)12-16;/h2-4,12-14,17,21H,5-11H2,1H3,(H,22,24);1H. The van der Waals surface area contributed by atoms with Gasteiger partial charge in [-0.3, -0.25) is 9.59 Å². The molecule has 0 spiro atoms. The first-order valence-corrected chi connectivity index (χ1v) is 9.49. The minimum Gasteiger partial charge on any atom is -0.344 e. The van der Waals surface area contributed by atoms with Gasteiger partial charge in [-0.2, -0.15) is 0 Å². The summed E-state index contributed by atoms with van der Waals surface area (Å²) in [5.74, 6) is 0.874. The Hall–Kier alpha value is -1.30. The molecule has 0 aromatic heterocycles. The zero-order valence-electron chi connectivity index (χ0n) is 15.0. The van der Waals surface area contributed by atoms with E-state index < -0.39 is 6.04 Å². The maximum atomic E-state index is 12.6. The Kier molecular flexibility index (Phi) is 7.74. The van der Waals surface area contributed by atoms with Gasteiger partial charge in [0.1, 0.15) is 6.04 Å². The minimum absolute atomic E-state index is 0. The average Bonchev–Trinajstić information content (AvgIpc) is 2.96. The summed E-state index contributed by atoms with van der Waals surface area (Å²) in [6.07, 6.45) is 3.38. The van der Waals surface area contributed by atoms with Crippen LogP contribution in [0.1, 0.15) is 32.6 Å². The van der Waals surface area contributed by atoms with Crippen LogP contribution in [0.2, 0.25) is 5.02 Å². The largest absolute Gasteiger partial charge is 0.344 e. The van der Waals surface area contributed by atoms with E-state index in [0.29, 0.717) is 36.2 Å². The lowest BCUT2D eigenvalue weighted by molar-refractivity contribution is -0.127. The molecule has 0 radical (unpaired) electrons. The second kappa shape index (κ2) is 9.58. The Labute approximate surface area is 166 Å². The van der Waals surface area contributed by atoms with Crippen molar-refractivity contribution in [1.29, 1.82) is 0 Å². The molecule has 2 aliphatic heterocycles. The quantitative estimate of drug-likeness (QED) is 0.799. The number of carbonyl (C=O) groups is 2. The number of hydrogen-bond acceptors (Lipinski definition) is 3. The molecule has 26 heavy (non-hydrogen) atoms. The van der Waals surface area contributed by atoms with Crippen LogP contribution < -0.4 is 15.5 Å². The minimum atomic E-state index is -0.424. The number of carbonyl (C=O) groups excluding carboxylic acids is 2. The van der Waals surface area contributed by atoms with E-state index in [1.807, 2.05) is 12.1 Å². The average molecular weight is 400 g/mol. The highest BCUT2D eigenvalue weighted by Gasteiger charge is 2.34. The van der Waals surface area contributed by atoms with Crippen LogP contribution in [0, 0.1) is 11.8 Å². The fraction of sp³-hybridized carbons (Fsp3) is 0.579. The van der Waals surface area contributed by atoms with E-state index >= 15 is 0 Å². The summed E-state index contributed by atoms with van der Waals surface area (Å²) in [5, 5.41) is 6.89. The molecule has 1 aromatic carbocycles. The summed E-state index contributed by atoms with van der Waals surface area (Å²) >= 11 is 6.01. The predicted octanol–water partition coefficient (Wildman–Crippen LogP) is 3.01. The first kappa shape index (κ1) is 21.0. The molecule has 7 heteroatoms. The van der Waals surface area contributed by atoms with Crippen molar-refractivity contribution in [3.63, 3.8) is 0 Å². The van der Waals surface area contributed by atoms with Gasteiger partial charge in [-0.15, -0.1) is 12.4 Å². The lowest BCUT2D eigenvalue weighted by atomic mass is 9.84. The second-order valence-corrected chi connectivity index (χ2v) is 7.58. The van der Waals surface area contributed by atoms with Gasteiger partial charge in [0, 0.05) is 23.7 Å². The molecule has 2 aliphatic rings.